The summed E-state index contributed by atoms with van der Waals surface area (Å²) in [6, 6.07) is 4.70. The largest absolute Gasteiger partial charge is 0.330 e. The van der Waals surface area contributed by atoms with Crippen molar-refractivity contribution in [2.45, 2.75) is 18.9 Å². The molecule has 0 aliphatic rings. The van der Waals surface area contributed by atoms with Crippen LogP contribution in [-0.2, 0) is 0 Å². The maximum absolute atomic E-state index is 13.7. The van der Waals surface area contributed by atoms with Crippen molar-refractivity contribution in [3.63, 3.8) is 0 Å². The summed E-state index contributed by atoms with van der Waals surface area (Å²) >= 11 is 5.89. The van der Waals surface area contributed by atoms with E-state index in [-0.39, 0.29) is 11.9 Å². The Balaban J connectivity index is 2.95. The Kier molecular flexibility index (Phi) is 5.19. The fourth-order valence-corrected chi connectivity index (χ4v) is 1.95. The predicted octanol–water partition coefficient (Wildman–Crippen LogP) is 2.82. The van der Waals surface area contributed by atoms with Gasteiger partial charge in [0, 0.05) is 16.6 Å². The monoisotopic (exact) mass is 244 g/mol. The van der Waals surface area contributed by atoms with Crippen LogP contribution in [0.3, 0.4) is 0 Å². The number of nitrogens with zero attached hydrogens (tertiary/aromatic N) is 1. The third-order valence-electron chi connectivity index (χ3n) is 2.62. The zero-order valence-electron chi connectivity index (χ0n) is 9.71. The van der Waals surface area contributed by atoms with Crippen LogP contribution >= 0.6 is 11.6 Å². The first-order valence-electron chi connectivity index (χ1n) is 5.37. The molecule has 90 valence electrons. The molecule has 0 aromatic heterocycles. The van der Waals surface area contributed by atoms with E-state index in [0.717, 1.165) is 12.8 Å². The van der Waals surface area contributed by atoms with E-state index in [0.29, 0.717) is 17.1 Å². The van der Waals surface area contributed by atoms with Gasteiger partial charge in [-0.3, -0.25) is 0 Å². The highest BCUT2D eigenvalue weighted by Gasteiger charge is 2.17. The number of halogens is 2. The summed E-state index contributed by atoms with van der Waals surface area (Å²) < 4.78 is 13.7. The molecule has 0 bridgehead atoms. The molecule has 16 heavy (non-hydrogen) atoms. The third-order valence-corrected chi connectivity index (χ3v) is 2.86. The van der Waals surface area contributed by atoms with Crippen LogP contribution in [-0.4, -0.2) is 25.5 Å². The fourth-order valence-electron chi connectivity index (χ4n) is 1.77. The summed E-state index contributed by atoms with van der Waals surface area (Å²) in [5, 5.41) is 0.566. The minimum Gasteiger partial charge on any atom is -0.330 e. The van der Waals surface area contributed by atoms with Crippen molar-refractivity contribution in [3.8, 4) is 0 Å². The van der Waals surface area contributed by atoms with Crippen molar-refractivity contribution in [3.05, 3.63) is 34.6 Å². The first-order valence-corrected chi connectivity index (χ1v) is 5.75. The lowest BCUT2D eigenvalue weighted by atomic mass is 10.0. The molecular formula is C12H18ClFN2. The molecule has 0 radical (unpaired) electrons. The summed E-state index contributed by atoms with van der Waals surface area (Å²) in [4.78, 5) is 1.99. The summed E-state index contributed by atoms with van der Waals surface area (Å²) in [5.74, 6) is -0.208. The third kappa shape index (κ3) is 3.44. The van der Waals surface area contributed by atoms with Crippen LogP contribution in [0.4, 0.5) is 4.39 Å². The van der Waals surface area contributed by atoms with Crippen LogP contribution in [0.5, 0.6) is 0 Å². The van der Waals surface area contributed by atoms with Crippen LogP contribution in [0, 0.1) is 5.82 Å². The van der Waals surface area contributed by atoms with E-state index in [4.69, 9.17) is 17.3 Å². The van der Waals surface area contributed by atoms with Crippen LogP contribution in [0.1, 0.15) is 24.4 Å². The molecule has 2 N–H and O–H groups in total. The molecule has 0 amide bonds. The number of hydrogen-bond acceptors (Lipinski definition) is 2. The van der Waals surface area contributed by atoms with Crippen molar-refractivity contribution in [1.82, 2.24) is 4.90 Å². The lowest BCUT2D eigenvalue weighted by molar-refractivity contribution is 0.273. The predicted molar refractivity (Wildman–Crippen MR) is 66.1 cm³/mol. The van der Waals surface area contributed by atoms with Crippen molar-refractivity contribution < 1.29 is 4.39 Å². The topological polar surface area (TPSA) is 29.3 Å². The molecule has 1 aromatic carbocycles. The lowest BCUT2D eigenvalue weighted by Crippen LogP contribution is -2.22. The van der Waals surface area contributed by atoms with Gasteiger partial charge in [0.2, 0.25) is 0 Å². The van der Waals surface area contributed by atoms with Crippen molar-refractivity contribution in [1.29, 1.82) is 0 Å². The molecule has 0 saturated carbocycles. The van der Waals surface area contributed by atoms with Gasteiger partial charge in [-0.15, -0.1) is 0 Å². The van der Waals surface area contributed by atoms with Crippen LogP contribution in [0.15, 0.2) is 18.2 Å². The molecule has 1 unspecified atom stereocenters. The maximum Gasteiger partial charge on any atom is 0.128 e. The Morgan fingerprint density at radius 2 is 2.12 bits per heavy atom. The van der Waals surface area contributed by atoms with Crippen LogP contribution < -0.4 is 5.73 Å². The van der Waals surface area contributed by atoms with E-state index >= 15 is 0 Å². The van der Waals surface area contributed by atoms with Crippen LogP contribution in [0.25, 0.3) is 0 Å². The van der Waals surface area contributed by atoms with E-state index in [1.165, 1.54) is 6.07 Å². The molecule has 0 spiro atoms. The SMILES string of the molecule is CN(C)C(CCCN)c1cc(Cl)ccc1F. The number of benzene rings is 1. The highest BCUT2D eigenvalue weighted by Crippen LogP contribution is 2.27. The van der Waals surface area contributed by atoms with Gasteiger partial charge in [-0.2, -0.15) is 0 Å². The minimum absolute atomic E-state index is 0.0299. The van der Waals surface area contributed by atoms with Crippen molar-refractivity contribution >= 4 is 11.6 Å². The Labute approximate surface area is 101 Å². The molecule has 0 aliphatic heterocycles. The van der Waals surface area contributed by atoms with Gasteiger partial charge in [-0.1, -0.05) is 11.6 Å². The smallest absolute Gasteiger partial charge is 0.128 e. The Morgan fingerprint density at radius 1 is 1.44 bits per heavy atom. The molecule has 0 heterocycles. The maximum atomic E-state index is 13.7. The van der Waals surface area contributed by atoms with Gasteiger partial charge < -0.3 is 10.6 Å². The molecule has 1 atom stereocenters. The van der Waals surface area contributed by atoms with Crippen molar-refractivity contribution in [2.75, 3.05) is 20.6 Å². The van der Waals surface area contributed by atoms with E-state index in [2.05, 4.69) is 0 Å². The number of rotatable bonds is 5. The highest BCUT2D eigenvalue weighted by atomic mass is 35.5. The Bertz CT molecular complexity index is 342. The zero-order valence-corrected chi connectivity index (χ0v) is 10.5. The second-order valence-corrected chi connectivity index (χ2v) is 4.51. The lowest BCUT2D eigenvalue weighted by Gasteiger charge is -2.25. The quantitative estimate of drug-likeness (QED) is 0.863. The van der Waals surface area contributed by atoms with Gasteiger partial charge in [0.1, 0.15) is 5.82 Å². The standard InChI is InChI=1S/C12H18ClFN2/c1-16(2)12(4-3-7-15)10-8-9(13)5-6-11(10)14/h5-6,8,12H,3-4,7,15H2,1-2H3. The summed E-state index contributed by atoms with van der Waals surface area (Å²) in [6.45, 7) is 0.618. The minimum atomic E-state index is -0.208. The Morgan fingerprint density at radius 3 is 2.69 bits per heavy atom. The van der Waals surface area contributed by atoms with Gasteiger partial charge in [0.15, 0.2) is 0 Å². The number of hydrogen-bond donors (Lipinski definition) is 1. The second-order valence-electron chi connectivity index (χ2n) is 4.08. The molecular weight excluding hydrogens is 227 g/mol. The van der Waals surface area contributed by atoms with Gasteiger partial charge in [-0.25, -0.2) is 4.39 Å². The molecule has 2 nitrogen and oxygen atoms in total. The number of nitrogens with two attached hydrogens (primary N) is 1. The molecule has 1 rings (SSSR count). The van der Waals surface area contributed by atoms with Crippen molar-refractivity contribution in [2.24, 2.45) is 5.73 Å². The highest BCUT2D eigenvalue weighted by molar-refractivity contribution is 6.30. The summed E-state index contributed by atoms with van der Waals surface area (Å²) in [5.41, 5.74) is 6.13. The first-order chi connectivity index (χ1) is 7.56. The average Bonchev–Trinajstić information content (AvgIpc) is 2.23. The van der Waals surface area contributed by atoms with E-state index in [1.54, 1.807) is 12.1 Å². The molecule has 1 aromatic rings. The van der Waals surface area contributed by atoms with Gasteiger partial charge in [-0.05, 0) is 51.7 Å². The summed E-state index contributed by atoms with van der Waals surface area (Å²) in [7, 11) is 3.86. The average molecular weight is 245 g/mol. The first kappa shape index (κ1) is 13.4. The molecule has 0 aliphatic carbocycles. The fraction of sp³-hybridized carbons (Fsp3) is 0.500. The van der Waals surface area contributed by atoms with Gasteiger partial charge in [0.25, 0.3) is 0 Å². The molecule has 0 fully saturated rings. The van der Waals surface area contributed by atoms with E-state index < -0.39 is 0 Å². The molecule has 4 heteroatoms. The van der Waals surface area contributed by atoms with Gasteiger partial charge >= 0.3 is 0 Å². The van der Waals surface area contributed by atoms with Crippen LogP contribution in [0.2, 0.25) is 5.02 Å². The van der Waals surface area contributed by atoms with E-state index in [1.807, 2.05) is 19.0 Å². The second kappa shape index (κ2) is 6.18. The van der Waals surface area contributed by atoms with E-state index in [9.17, 15) is 4.39 Å². The van der Waals surface area contributed by atoms with Gasteiger partial charge in [0.05, 0.1) is 0 Å². The Hall–Kier alpha value is -0.640. The normalized spacial score (nSPS) is 13.1. The molecule has 0 saturated heterocycles. The zero-order chi connectivity index (χ0) is 12.1. The summed E-state index contributed by atoms with van der Waals surface area (Å²) in [6.07, 6.45) is 1.70.